The summed E-state index contributed by atoms with van der Waals surface area (Å²) in [5.74, 6) is 1.62. The van der Waals surface area contributed by atoms with Crippen LogP contribution in [0.3, 0.4) is 0 Å². The van der Waals surface area contributed by atoms with Gasteiger partial charge in [-0.15, -0.1) is 0 Å². The van der Waals surface area contributed by atoms with E-state index in [1.165, 1.54) is 24.0 Å². The Kier molecular flexibility index (Phi) is 4.33. The fraction of sp³-hybridized carbons (Fsp3) is 0.500. The van der Waals surface area contributed by atoms with Gasteiger partial charge in [-0.1, -0.05) is 0 Å². The quantitative estimate of drug-likeness (QED) is 0.527. The van der Waals surface area contributed by atoms with Crippen LogP contribution < -0.4 is 5.73 Å². The summed E-state index contributed by atoms with van der Waals surface area (Å²) < 4.78 is 7.22. The Bertz CT molecular complexity index is 816. The van der Waals surface area contributed by atoms with E-state index in [0.29, 0.717) is 11.2 Å². The number of halogens is 1. The van der Waals surface area contributed by atoms with Crippen molar-refractivity contribution in [2.45, 2.75) is 31.0 Å². The first-order chi connectivity index (χ1) is 11.4. The third-order valence-electron chi connectivity index (χ3n) is 4.13. The van der Waals surface area contributed by atoms with Gasteiger partial charge in [-0.2, -0.15) is 4.98 Å². The molecule has 2 unspecified atom stereocenters. The molecule has 9 nitrogen and oxygen atoms in total. The zero-order valence-corrected chi connectivity index (χ0v) is 13.4. The number of ether oxygens (including phenoxy) is 1. The lowest BCUT2D eigenvalue weighted by atomic mass is 9.84. The summed E-state index contributed by atoms with van der Waals surface area (Å²) in [6.45, 7) is 1.04. The molecule has 2 aromatic rings. The normalized spacial score (nSPS) is 31.0. The van der Waals surface area contributed by atoms with Crippen LogP contribution in [0.1, 0.15) is 13.2 Å². The van der Waals surface area contributed by atoms with Crippen molar-refractivity contribution >= 4 is 28.7 Å². The van der Waals surface area contributed by atoms with E-state index in [2.05, 4.69) is 26.3 Å². The third-order valence-corrected chi connectivity index (χ3v) is 4.23. The van der Waals surface area contributed by atoms with Crippen LogP contribution in [0.5, 0.6) is 0 Å². The zero-order valence-electron chi connectivity index (χ0n) is 12.7. The summed E-state index contributed by atoms with van der Waals surface area (Å²) >= 11 is 5.50. The predicted octanol–water partition coefficient (Wildman–Crippen LogP) is -0.774. The van der Waals surface area contributed by atoms with Gasteiger partial charge >= 0.3 is 0 Å². The molecule has 128 valence electrons. The number of hydrogen-bond acceptors (Lipinski definition) is 8. The lowest BCUT2D eigenvalue weighted by Crippen LogP contribution is -2.44. The minimum atomic E-state index is -1.86. The number of aliphatic hydroxyl groups is 3. The molecule has 0 radical (unpaired) electrons. The molecule has 0 bridgehead atoms. The maximum absolute atomic E-state index is 11.1. The van der Waals surface area contributed by atoms with Crippen molar-refractivity contribution in [3.63, 3.8) is 0 Å². The molecule has 10 heteroatoms. The number of hydrogen-bond donors (Lipinski definition) is 4. The second-order valence-corrected chi connectivity index (χ2v) is 5.81. The molecule has 1 aliphatic heterocycles. The molecule has 1 fully saturated rings. The Morgan fingerprint density at radius 1 is 1.54 bits per heavy atom. The first kappa shape index (κ1) is 16.9. The second kappa shape index (κ2) is 6.16. The van der Waals surface area contributed by atoms with Crippen LogP contribution >= 0.6 is 11.6 Å². The van der Waals surface area contributed by atoms with Crippen molar-refractivity contribution in [1.82, 2.24) is 19.5 Å². The van der Waals surface area contributed by atoms with Crippen LogP contribution in [0.4, 0.5) is 5.95 Å². The van der Waals surface area contributed by atoms with Gasteiger partial charge in [0.2, 0.25) is 5.95 Å². The number of rotatable bonds is 3. The van der Waals surface area contributed by atoms with Crippen molar-refractivity contribution < 1.29 is 20.1 Å². The Hall–Kier alpha value is -1.96. The molecule has 0 saturated carbocycles. The zero-order chi connectivity index (χ0) is 17.5. The number of imidazole rings is 1. The van der Waals surface area contributed by atoms with Crippen LogP contribution in [-0.2, 0) is 4.74 Å². The lowest BCUT2D eigenvalue weighted by molar-refractivity contribution is -0.0845. The number of fused-ring (bicyclic) bond motifs is 1. The molecule has 1 aliphatic rings. The highest BCUT2D eigenvalue weighted by Gasteiger charge is 2.57. The highest BCUT2D eigenvalue weighted by Crippen LogP contribution is 2.44. The molecule has 2 aromatic heterocycles. The highest BCUT2D eigenvalue weighted by molar-refractivity contribution is 6.30. The molecule has 5 atom stereocenters. The van der Waals surface area contributed by atoms with E-state index in [4.69, 9.17) is 22.1 Å². The Morgan fingerprint density at radius 2 is 2.29 bits per heavy atom. The minimum Gasteiger partial charge on any atom is -0.396 e. The summed E-state index contributed by atoms with van der Waals surface area (Å²) in [5.41, 5.74) is 4.52. The average Bonchev–Trinajstić information content (AvgIpc) is 3.05. The number of nitrogen functional groups attached to an aromatic ring is 1. The van der Waals surface area contributed by atoms with Gasteiger partial charge < -0.3 is 25.8 Å². The molecule has 0 aliphatic carbocycles. The summed E-state index contributed by atoms with van der Waals surface area (Å²) in [7, 11) is 0. The molecule has 1 saturated heterocycles. The minimum absolute atomic E-state index is 0.0278. The summed E-state index contributed by atoms with van der Waals surface area (Å²) in [6, 6.07) is 0. The largest absolute Gasteiger partial charge is 0.396 e. The van der Waals surface area contributed by atoms with Crippen molar-refractivity contribution in [1.29, 1.82) is 0 Å². The van der Waals surface area contributed by atoms with Crippen LogP contribution in [0.15, 0.2) is 12.5 Å². The molecule has 0 spiro atoms. The molecular formula is C14H16ClN5O4. The SMILES string of the molecule is C[C@@H](O)[C@H]1O[C@@H](n2cnc3cnc(N)nc32)C(O)(C#CCl)C1CO. The molecule has 5 N–H and O–H groups in total. The molecule has 3 rings (SSSR count). The predicted molar refractivity (Wildman–Crippen MR) is 84.5 cm³/mol. The average molecular weight is 354 g/mol. The maximum Gasteiger partial charge on any atom is 0.222 e. The van der Waals surface area contributed by atoms with Gasteiger partial charge in [0.05, 0.1) is 37.3 Å². The first-order valence-corrected chi connectivity index (χ1v) is 7.54. The van der Waals surface area contributed by atoms with Gasteiger partial charge in [-0.3, -0.25) is 4.57 Å². The molecule has 0 amide bonds. The van der Waals surface area contributed by atoms with Crippen molar-refractivity contribution in [2.24, 2.45) is 5.92 Å². The fourth-order valence-electron chi connectivity index (χ4n) is 2.99. The smallest absolute Gasteiger partial charge is 0.222 e. The van der Waals surface area contributed by atoms with E-state index in [-0.39, 0.29) is 5.95 Å². The lowest BCUT2D eigenvalue weighted by Gasteiger charge is -2.28. The monoisotopic (exact) mass is 353 g/mol. The topological polar surface area (TPSA) is 140 Å². The van der Waals surface area contributed by atoms with Crippen molar-refractivity contribution in [3.8, 4) is 11.3 Å². The molecular weight excluding hydrogens is 338 g/mol. The second-order valence-electron chi connectivity index (χ2n) is 5.62. The van der Waals surface area contributed by atoms with Gasteiger partial charge in [0, 0.05) is 5.38 Å². The van der Waals surface area contributed by atoms with E-state index in [9.17, 15) is 15.3 Å². The van der Waals surface area contributed by atoms with Crippen molar-refractivity contribution in [2.75, 3.05) is 12.3 Å². The third kappa shape index (κ3) is 2.49. The van der Waals surface area contributed by atoms with Crippen LogP contribution in [-0.4, -0.2) is 59.3 Å². The van der Waals surface area contributed by atoms with Crippen LogP contribution in [0, 0.1) is 17.2 Å². The van der Waals surface area contributed by atoms with E-state index in [0.717, 1.165) is 0 Å². The Morgan fingerprint density at radius 3 is 2.92 bits per heavy atom. The summed E-state index contributed by atoms with van der Waals surface area (Å²) in [4.78, 5) is 12.1. The standard InChI is InChI=1S/C14H16ClN5O4/c1-7(22)10-8(5-21)14(23,2-3-15)12(24-10)20-6-18-9-4-17-13(16)19-11(9)20/h4,6-8,10,12,21-23H,5H2,1H3,(H2,16,17,19)/t7-,8?,10-,12-,14?/m1/s1. The Balaban J connectivity index is 2.16. The van der Waals surface area contributed by atoms with E-state index < -0.39 is 36.6 Å². The van der Waals surface area contributed by atoms with Crippen LogP contribution in [0.2, 0.25) is 0 Å². The van der Waals surface area contributed by atoms with Gasteiger partial charge in [-0.25, -0.2) is 9.97 Å². The molecule has 24 heavy (non-hydrogen) atoms. The van der Waals surface area contributed by atoms with E-state index >= 15 is 0 Å². The number of aliphatic hydroxyl groups excluding tert-OH is 2. The van der Waals surface area contributed by atoms with Gasteiger partial charge in [-0.05, 0) is 24.4 Å². The van der Waals surface area contributed by atoms with Gasteiger partial charge in [0.25, 0.3) is 0 Å². The molecule has 0 aromatic carbocycles. The van der Waals surface area contributed by atoms with Crippen LogP contribution in [0.25, 0.3) is 11.2 Å². The number of nitrogens with two attached hydrogens (primary N) is 1. The number of nitrogens with zero attached hydrogens (tertiary/aromatic N) is 4. The first-order valence-electron chi connectivity index (χ1n) is 7.17. The van der Waals surface area contributed by atoms with Crippen molar-refractivity contribution in [3.05, 3.63) is 12.5 Å². The summed E-state index contributed by atoms with van der Waals surface area (Å²) in [5, 5.41) is 32.8. The van der Waals surface area contributed by atoms with Gasteiger partial charge in [0.15, 0.2) is 17.5 Å². The summed E-state index contributed by atoms with van der Waals surface area (Å²) in [6.07, 6.45) is -0.0851. The van der Waals surface area contributed by atoms with Gasteiger partial charge in [0.1, 0.15) is 5.52 Å². The fourth-order valence-corrected chi connectivity index (χ4v) is 3.14. The Labute approximate surface area is 142 Å². The molecule has 3 heterocycles. The highest BCUT2D eigenvalue weighted by atomic mass is 35.5. The van der Waals surface area contributed by atoms with E-state index in [1.807, 2.05) is 0 Å². The number of anilines is 1. The maximum atomic E-state index is 11.1. The number of aromatic nitrogens is 4. The van der Waals surface area contributed by atoms with E-state index in [1.54, 1.807) is 0 Å².